The summed E-state index contributed by atoms with van der Waals surface area (Å²) in [6.07, 6.45) is 0. The standard InChI is InChI=1S/C27H19FN2O5S/c1-14-2-8-18-21(12-14)36-27(29-18)30-23(15-3-6-17(28)7-4-15)22(25(32)26(30)33)24(31)16-5-9-19-20(13-16)35-11-10-34-19/h2-9,12-13,23,31H,10-11H2,1H3/t23-/m1/s1. The van der Waals surface area contributed by atoms with Crippen LogP contribution in [0.25, 0.3) is 16.0 Å². The van der Waals surface area contributed by atoms with Gasteiger partial charge in [0.15, 0.2) is 16.6 Å². The Balaban J connectivity index is 1.54. The van der Waals surface area contributed by atoms with Crippen molar-refractivity contribution < 1.29 is 28.6 Å². The number of Topliss-reactive ketones (excluding diaryl/α,β-unsaturated/α-hetero) is 1. The zero-order valence-corrected chi connectivity index (χ0v) is 19.8. The van der Waals surface area contributed by atoms with Gasteiger partial charge in [-0.2, -0.15) is 0 Å². The van der Waals surface area contributed by atoms with Gasteiger partial charge < -0.3 is 14.6 Å². The van der Waals surface area contributed by atoms with Crippen LogP contribution >= 0.6 is 11.3 Å². The number of aryl methyl sites for hydroxylation is 1. The molecule has 6 rings (SSSR count). The van der Waals surface area contributed by atoms with Crippen molar-refractivity contribution in [2.24, 2.45) is 0 Å². The number of halogens is 1. The number of thiazole rings is 1. The first kappa shape index (κ1) is 22.2. The molecule has 1 saturated heterocycles. The van der Waals surface area contributed by atoms with Crippen LogP contribution in [-0.4, -0.2) is 35.0 Å². The summed E-state index contributed by atoms with van der Waals surface area (Å²) in [5.41, 5.74) is 2.37. The summed E-state index contributed by atoms with van der Waals surface area (Å²) in [6, 6.07) is 15.0. The van der Waals surface area contributed by atoms with Crippen molar-refractivity contribution in [2.45, 2.75) is 13.0 Å². The maximum Gasteiger partial charge on any atom is 0.301 e. The Morgan fingerprint density at radius 1 is 1.03 bits per heavy atom. The molecule has 4 aromatic rings. The van der Waals surface area contributed by atoms with Crippen LogP contribution in [0.5, 0.6) is 11.5 Å². The van der Waals surface area contributed by atoms with Crippen molar-refractivity contribution in [1.29, 1.82) is 0 Å². The van der Waals surface area contributed by atoms with E-state index < -0.39 is 23.5 Å². The second-order valence-electron chi connectivity index (χ2n) is 8.55. The summed E-state index contributed by atoms with van der Waals surface area (Å²) >= 11 is 1.27. The number of ketones is 1. The van der Waals surface area contributed by atoms with Crippen LogP contribution in [0, 0.1) is 12.7 Å². The van der Waals surface area contributed by atoms with Gasteiger partial charge in [0.25, 0.3) is 5.78 Å². The molecule has 3 heterocycles. The third-order valence-electron chi connectivity index (χ3n) is 6.18. The number of aromatic nitrogens is 1. The smallest absolute Gasteiger partial charge is 0.301 e. The number of rotatable bonds is 3. The summed E-state index contributed by atoms with van der Waals surface area (Å²) in [5.74, 6) is -1.54. The third-order valence-corrected chi connectivity index (χ3v) is 7.20. The average Bonchev–Trinajstić information content (AvgIpc) is 3.41. The van der Waals surface area contributed by atoms with Gasteiger partial charge in [-0.05, 0) is 60.5 Å². The third kappa shape index (κ3) is 3.59. The Labute approximate surface area is 209 Å². The molecule has 180 valence electrons. The fraction of sp³-hybridized carbons (Fsp3) is 0.148. The Morgan fingerprint density at radius 2 is 1.78 bits per heavy atom. The topological polar surface area (TPSA) is 89.0 Å². The second-order valence-corrected chi connectivity index (χ2v) is 9.56. The van der Waals surface area contributed by atoms with E-state index in [1.807, 2.05) is 25.1 Å². The lowest BCUT2D eigenvalue weighted by molar-refractivity contribution is -0.132. The Morgan fingerprint density at radius 3 is 2.56 bits per heavy atom. The maximum absolute atomic E-state index is 13.8. The number of carbonyl (C=O) groups is 2. The highest BCUT2D eigenvalue weighted by molar-refractivity contribution is 7.22. The molecule has 0 aliphatic carbocycles. The zero-order chi connectivity index (χ0) is 25.0. The van der Waals surface area contributed by atoms with E-state index in [1.54, 1.807) is 18.2 Å². The fourth-order valence-electron chi connectivity index (χ4n) is 4.46. The van der Waals surface area contributed by atoms with Crippen molar-refractivity contribution in [3.05, 3.63) is 88.7 Å². The molecule has 1 amide bonds. The summed E-state index contributed by atoms with van der Waals surface area (Å²) in [4.78, 5) is 32.6. The number of nitrogens with zero attached hydrogens (tertiary/aromatic N) is 2. The van der Waals surface area contributed by atoms with Gasteiger partial charge in [-0.15, -0.1) is 0 Å². The van der Waals surface area contributed by atoms with Gasteiger partial charge in [0.1, 0.15) is 24.8 Å². The Hall–Kier alpha value is -4.24. The van der Waals surface area contributed by atoms with Gasteiger partial charge in [-0.25, -0.2) is 9.37 Å². The molecule has 0 saturated carbocycles. The first-order valence-electron chi connectivity index (χ1n) is 11.2. The van der Waals surface area contributed by atoms with Crippen LogP contribution in [0.2, 0.25) is 0 Å². The van der Waals surface area contributed by atoms with Crippen molar-refractivity contribution in [2.75, 3.05) is 18.1 Å². The quantitative estimate of drug-likeness (QED) is 0.237. The molecule has 1 aromatic heterocycles. The molecular weight excluding hydrogens is 483 g/mol. The van der Waals surface area contributed by atoms with Crippen LogP contribution < -0.4 is 14.4 Å². The van der Waals surface area contributed by atoms with E-state index in [1.165, 1.54) is 40.5 Å². The summed E-state index contributed by atoms with van der Waals surface area (Å²) in [6.45, 7) is 2.72. The van der Waals surface area contributed by atoms with Crippen LogP contribution in [0.15, 0.2) is 66.2 Å². The molecule has 1 N–H and O–H groups in total. The van der Waals surface area contributed by atoms with Gasteiger partial charge in [-0.1, -0.05) is 29.5 Å². The first-order chi connectivity index (χ1) is 17.4. The number of anilines is 1. The fourth-order valence-corrected chi connectivity index (χ4v) is 5.55. The maximum atomic E-state index is 13.8. The van der Waals surface area contributed by atoms with Crippen LogP contribution in [0.3, 0.4) is 0 Å². The molecule has 7 nitrogen and oxygen atoms in total. The number of hydrogen-bond acceptors (Lipinski definition) is 7. The lowest BCUT2D eigenvalue weighted by atomic mass is 9.95. The average molecular weight is 503 g/mol. The SMILES string of the molecule is Cc1ccc2nc(N3C(=O)C(=O)C(=C(O)c4ccc5c(c4)OCCO5)[C@H]3c3ccc(F)cc3)sc2c1. The number of benzene rings is 3. The molecule has 2 aliphatic rings. The predicted octanol–water partition coefficient (Wildman–Crippen LogP) is 5.14. The van der Waals surface area contributed by atoms with Gasteiger partial charge in [0.05, 0.1) is 21.8 Å². The van der Waals surface area contributed by atoms with Gasteiger partial charge in [0.2, 0.25) is 0 Å². The molecule has 0 unspecified atom stereocenters. The molecular formula is C27H19FN2O5S. The number of hydrogen-bond donors (Lipinski definition) is 1. The van der Waals surface area contributed by atoms with Gasteiger partial charge in [-0.3, -0.25) is 14.5 Å². The number of aliphatic hydroxyl groups is 1. The van der Waals surface area contributed by atoms with Crippen LogP contribution in [0.1, 0.15) is 22.7 Å². The van der Waals surface area contributed by atoms with Crippen molar-refractivity contribution >= 4 is 44.1 Å². The number of aliphatic hydroxyl groups excluding tert-OH is 1. The molecule has 1 atom stereocenters. The number of carbonyl (C=O) groups excluding carboxylic acids is 2. The second kappa shape index (κ2) is 8.46. The van der Waals surface area contributed by atoms with Crippen LogP contribution in [0.4, 0.5) is 9.52 Å². The van der Waals surface area contributed by atoms with Crippen molar-refractivity contribution in [3.63, 3.8) is 0 Å². The highest BCUT2D eigenvalue weighted by atomic mass is 32.1. The van der Waals surface area contributed by atoms with E-state index in [-0.39, 0.29) is 11.3 Å². The van der Waals surface area contributed by atoms with E-state index in [0.717, 1.165) is 10.3 Å². The number of amides is 1. The summed E-state index contributed by atoms with van der Waals surface area (Å²) in [7, 11) is 0. The lowest BCUT2D eigenvalue weighted by Gasteiger charge is -2.23. The molecule has 0 spiro atoms. The highest BCUT2D eigenvalue weighted by Crippen LogP contribution is 2.45. The molecule has 3 aromatic carbocycles. The number of fused-ring (bicyclic) bond motifs is 2. The zero-order valence-electron chi connectivity index (χ0n) is 19.0. The van der Waals surface area contributed by atoms with Crippen molar-refractivity contribution in [1.82, 2.24) is 4.98 Å². The van der Waals surface area contributed by atoms with Crippen LogP contribution in [-0.2, 0) is 9.59 Å². The Kier molecular flexibility index (Phi) is 5.22. The summed E-state index contributed by atoms with van der Waals surface area (Å²) in [5, 5.41) is 11.6. The van der Waals surface area contributed by atoms with E-state index in [4.69, 9.17) is 9.47 Å². The van der Waals surface area contributed by atoms with Gasteiger partial charge >= 0.3 is 5.91 Å². The molecule has 9 heteroatoms. The monoisotopic (exact) mass is 502 g/mol. The van der Waals surface area contributed by atoms with E-state index in [0.29, 0.717) is 46.5 Å². The van der Waals surface area contributed by atoms with E-state index in [2.05, 4.69) is 4.98 Å². The van der Waals surface area contributed by atoms with Crippen molar-refractivity contribution in [3.8, 4) is 11.5 Å². The number of ether oxygens (including phenoxy) is 2. The minimum atomic E-state index is -1.000. The largest absolute Gasteiger partial charge is 0.507 e. The minimum Gasteiger partial charge on any atom is -0.507 e. The first-order valence-corrected chi connectivity index (χ1v) is 12.1. The van der Waals surface area contributed by atoms with E-state index in [9.17, 15) is 19.1 Å². The molecule has 0 bridgehead atoms. The summed E-state index contributed by atoms with van der Waals surface area (Å²) < 4.78 is 25.8. The predicted molar refractivity (Wildman–Crippen MR) is 133 cm³/mol. The molecule has 0 radical (unpaired) electrons. The van der Waals surface area contributed by atoms with E-state index >= 15 is 0 Å². The minimum absolute atomic E-state index is 0.112. The normalized spacial score (nSPS) is 18.7. The molecule has 1 fully saturated rings. The molecule has 36 heavy (non-hydrogen) atoms. The Bertz CT molecular complexity index is 1580. The van der Waals surface area contributed by atoms with Gasteiger partial charge in [0, 0.05) is 5.56 Å². The lowest BCUT2D eigenvalue weighted by Crippen LogP contribution is -2.29. The molecule has 2 aliphatic heterocycles. The highest BCUT2D eigenvalue weighted by Gasteiger charge is 2.48.